The van der Waals surface area contributed by atoms with Crippen LogP contribution in [0, 0.1) is 6.92 Å². The van der Waals surface area contributed by atoms with Gasteiger partial charge in [-0.2, -0.15) is 0 Å². The molecule has 7 heteroatoms. The molecule has 0 aliphatic rings. The fraction of sp³-hybridized carbons (Fsp3) is 0.0476. The summed E-state index contributed by atoms with van der Waals surface area (Å²) in [5.41, 5.74) is 4.02. The van der Waals surface area contributed by atoms with Crippen molar-refractivity contribution in [2.45, 2.75) is 6.92 Å². The minimum atomic E-state index is -0.319. The van der Waals surface area contributed by atoms with Crippen LogP contribution in [-0.2, 0) is 0 Å². The number of rotatable bonds is 3. The zero-order valence-electron chi connectivity index (χ0n) is 14.6. The molecular weight excluding hydrogens is 419 g/mol. The summed E-state index contributed by atoms with van der Waals surface area (Å²) >= 11 is 18.2. The number of amides is 1. The Hall–Kier alpha value is -2.53. The molecule has 1 N–H and O–H groups in total. The van der Waals surface area contributed by atoms with Crippen molar-refractivity contribution in [1.29, 1.82) is 0 Å². The first-order valence-electron chi connectivity index (χ1n) is 8.34. The van der Waals surface area contributed by atoms with Crippen LogP contribution in [0.3, 0.4) is 0 Å². The van der Waals surface area contributed by atoms with E-state index in [0.29, 0.717) is 43.4 Å². The highest BCUT2D eigenvalue weighted by Gasteiger charge is 2.14. The number of carbonyl (C=O) groups excluding carboxylic acids is 1. The van der Waals surface area contributed by atoms with E-state index in [2.05, 4.69) is 10.3 Å². The highest BCUT2D eigenvalue weighted by molar-refractivity contribution is 6.42. The smallest absolute Gasteiger partial charge is 0.255 e. The number of carbonyl (C=O) groups is 1. The van der Waals surface area contributed by atoms with E-state index in [1.54, 1.807) is 30.3 Å². The zero-order chi connectivity index (χ0) is 19.8. The molecule has 0 radical (unpaired) electrons. The molecule has 1 aromatic heterocycles. The number of hydrogen-bond donors (Lipinski definition) is 1. The Labute approximate surface area is 176 Å². The van der Waals surface area contributed by atoms with Gasteiger partial charge in [-0.15, -0.1) is 0 Å². The molecule has 0 saturated heterocycles. The van der Waals surface area contributed by atoms with Gasteiger partial charge in [-0.25, -0.2) is 4.98 Å². The highest BCUT2D eigenvalue weighted by atomic mass is 35.5. The molecule has 0 unspecified atom stereocenters. The predicted octanol–water partition coefficient (Wildman–Crippen LogP) is 7.02. The molecular formula is C21H13Cl3N2O2. The molecule has 140 valence electrons. The van der Waals surface area contributed by atoms with E-state index in [4.69, 9.17) is 39.2 Å². The maximum absolute atomic E-state index is 12.5. The normalized spacial score (nSPS) is 11.0. The largest absolute Gasteiger partial charge is 0.436 e. The number of hydrogen-bond acceptors (Lipinski definition) is 3. The van der Waals surface area contributed by atoms with Crippen LogP contribution >= 0.6 is 34.8 Å². The van der Waals surface area contributed by atoms with E-state index < -0.39 is 0 Å². The van der Waals surface area contributed by atoms with Gasteiger partial charge in [0.2, 0.25) is 5.89 Å². The molecule has 1 heterocycles. The van der Waals surface area contributed by atoms with Crippen molar-refractivity contribution in [3.63, 3.8) is 0 Å². The van der Waals surface area contributed by atoms with Gasteiger partial charge in [0, 0.05) is 11.3 Å². The van der Waals surface area contributed by atoms with Crippen molar-refractivity contribution in [3.05, 3.63) is 80.8 Å². The molecule has 28 heavy (non-hydrogen) atoms. The van der Waals surface area contributed by atoms with Gasteiger partial charge in [0.1, 0.15) is 5.52 Å². The number of fused-ring (bicyclic) bond motifs is 1. The second kappa shape index (κ2) is 7.47. The van der Waals surface area contributed by atoms with E-state index in [1.165, 1.54) is 6.07 Å². The number of nitrogens with zero attached hydrogens (tertiary/aromatic N) is 1. The molecule has 0 bridgehead atoms. The molecule has 4 rings (SSSR count). The lowest BCUT2D eigenvalue weighted by atomic mass is 10.1. The van der Waals surface area contributed by atoms with Crippen molar-refractivity contribution in [2.75, 3.05) is 5.32 Å². The molecule has 0 saturated carbocycles. The summed E-state index contributed by atoms with van der Waals surface area (Å²) in [7, 11) is 0. The van der Waals surface area contributed by atoms with Gasteiger partial charge in [0.15, 0.2) is 5.58 Å². The molecule has 3 aromatic carbocycles. The molecule has 0 aliphatic carbocycles. The minimum Gasteiger partial charge on any atom is -0.436 e. The Kier molecular flexibility index (Phi) is 5.02. The van der Waals surface area contributed by atoms with E-state index in [1.807, 2.05) is 25.1 Å². The number of aromatic nitrogens is 1. The Morgan fingerprint density at radius 3 is 2.50 bits per heavy atom. The molecule has 1 amide bonds. The molecule has 0 spiro atoms. The summed E-state index contributed by atoms with van der Waals surface area (Å²) in [6.45, 7) is 1.98. The lowest BCUT2D eigenvalue weighted by molar-refractivity contribution is 0.102. The van der Waals surface area contributed by atoms with Gasteiger partial charge in [-0.3, -0.25) is 4.79 Å². The van der Waals surface area contributed by atoms with Crippen molar-refractivity contribution >= 4 is 57.5 Å². The summed E-state index contributed by atoms with van der Waals surface area (Å²) in [5, 5.41) is 3.98. The first-order chi connectivity index (χ1) is 13.4. The van der Waals surface area contributed by atoms with Crippen LogP contribution in [0.25, 0.3) is 22.6 Å². The topological polar surface area (TPSA) is 55.1 Å². The van der Waals surface area contributed by atoms with Gasteiger partial charge < -0.3 is 9.73 Å². The summed E-state index contributed by atoms with van der Waals surface area (Å²) in [5.74, 6) is 0.0660. The predicted molar refractivity (Wildman–Crippen MR) is 114 cm³/mol. The van der Waals surface area contributed by atoms with Gasteiger partial charge in [-0.05, 0) is 61.0 Å². The summed E-state index contributed by atoms with van der Waals surface area (Å²) < 4.78 is 5.85. The van der Waals surface area contributed by atoms with Crippen LogP contribution in [0.4, 0.5) is 5.69 Å². The van der Waals surface area contributed by atoms with Gasteiger partial charge >= 0.3 is 0 Å². The molecule has 0 atom stereocenters. The van der Waals surface area contributed by atoms with E-state index >= 15 is 0 Å². The molecule has 0 fully saturated rings. The lowest BCUT2D eigenvalue weighted by Gasteiger charge is -2.08. The number of halogens is 3. The Morgan fingerprint density at radius 2 is 1.71 bits per heavy atom. The molecule has 0 aliphatic heterocycles. The van der Waals surface area contributed by atoms with Crippen LogP contribution < -0.4 is 5.32 Å². The Balaban J connectivity index is 1.66. The summed E-state index contributed by atoms with van der Waals surface area (Å²) in [6, 6.07) is 15.6. The van der Waals surface area contributed by atoms with Crippen LogP contribution in [0.5, 0.6) is 0 Å². The van der Waals surface area contributed by atoms with Crippen molar-refractivity contribution in [3.8, 4) is 11.5 Å². The fourth-order valence-corrected chi connectivity index (χ4v) is 3.25. The summed E-state index contributed by atoms with van der Waals surface area (Å²) in [6.07, 6.45) is 0. The van der Waals surface area contributed by atoms with Crippen LogP contribution in [0.1, 0.15) is 15.9 Å². The number of benzene rings is 3. The van der Waals surface area contributed by atoms with Crippen molar-refractivity contribution in [2.24, 2.45) is 0 Å². The monoisotopic (exact) mass is 430 g/mol. The van der Waals surface area contributed by atoms with Crippen LogP contribution in [0.2, 0.25) is 15.1 Å². The van der Waals surface area contributed by atoms with Gasteiger partial charge in [0.25, 0.3) is 5.91 Å². The average Bonchev–Trinajstić information content (AvgIpc) is 3.08. The number of aryl methyl sites for hydroxylation is 1. The zero-order valence-corrected chi connectivity index (χ0v) is 16.9. The Bertz CT molecular complexity index is 1220. The summed E-state index contributed by atoms with van der Waals surface area (Å²) in [4.78, 5) is 17.0. The van der Waals surface area contributed by atoms with E-state index in [-0.39, 0.29) is 5.91 Å². The Morgan fingerprint density at radius 1 is 0.929 bits per heavy atom. The first kappa shape index (κ1) is 18.8. The lowest BCUT2D eigenvalue weighted by Crippen LogP contribution is -2.11. The molecule has 4 aromatic rings. The SMILES string of the molecule is Cc1ccc2nc(-c3cc(NC(=O)c4ccc(Cl)c(Cl)c4)ccc3Cl)oc2c1. The third-order valence-corrected chi connectivity index (χ3v) is 5.25. The van der Waals surface area contributed by atoms with Gasteiger partial charge in [0.05, 0.1) is 20.6 Å². The third-order valence-electron chi connectivity index (χ3n) is 4.18. The average molecular weight is 432 g/mol. The third kappa shape index (κ3) is 3.72. The number of anilines is 1. The standard InChI is InChI=1S/C21H13Cl3N2O2/c1-11-2-7-18-19(8-11)28-21(26-18)14-10-13(4-6-15(14)22)25-20(27)12-3-5-16(23)17(24)9-12/h2-10H,1H3,(H,25,27). The first-order valence-corrected chi connectivity index (χ1v) is 9.47. The second-order valence-corrected chi connectivity index (χ2v) is 7.49. The highest BCUT2D eigenvalue weighted by Crippen LogP contribution is 2.33. The van der Waals surface area contributed by atoms with Crippen LogP contribution in [0.15, 0.2) is 59.0 Å². The molecule has 4 nitrogen and oxygen atoms in total. The second-order valence-electron chi connectivity index (χ2n) is 6.27. The van der Waals surface area contributed by atoms with Gasteiger partial charge in [-0.1, -0.05) is 40.9 Å². The number of oxazole rings is 1. The number of nitrogens with one attached hydrogen (secondary N) is 1. The maximum Gasteiger partial charge on any atom is 0.255 e. The fourth-order valence-electron chi connectivity index (χ4n) is 2.75. The minimum absolute atomic E-state index is 0.313. The van der Waals surface area contributed by atoms with Crippen LogP contribution in [-0.4, -0.2) is 10.9 Å². The van der Waals surface area contributed by atoms with E-state index in [9.17, 15) is 4.79 Å². The maximum atomic E-state index is 12.5. The van der Waals surface area contributed by atoms with E-state index in [0.717, 1.165) is 11.1 Å². The van der Waals surface area contributed by atoms with Crippen molar-refractivity contribution < 1.29 is 9.21 Å². The van der Waals surface area contributed by atoms with Crippen molar-refractivity contribution in [1.82, 2.24) is 4.98 Å². The quantitative estimate of drug-likeness (QED) is 0.379.